The van der Waals surface area contributed by atoms with Crippen molar-refractivity contribution in [3.8, 4) is 10.6 Å². The number of carbonyl (C=O) groups is 1. The lowest BCUT2D eigenvalue weighted by Gasteiger charge is -2.23. The van der Waals surface area contributed by atoms with Crippen LogP contribution in [0.3, 0.4) is 0 Å². The van der Waals surface area contributed by atoms with Crippen LogP contribution in [-0.2, 0) is 0 Å². The number of fused-ring (bicyclic) bond motifs is 1. The first kappa shape index (κ1) is 19.6. The number of rotatable bonds is 6. The molecule has 0 saturated carbocycles. The second-order valence-electron chi connectivity index (χ2n) is 6.86. The third-order valence-electron chi connectivity index (χ3n) is 4.65. The zero-order valence-corrected chi connectivity index (χ0v) is 17.9. The van der Waals surface area contributed by atoms with Gasteiger partial charge in [0.1, 0.15) is 5.01 Å². The van der Waals surface area contributed by atoms with Gasteiger partial charge in [0.2, 0.25) is 0 Å². The Bertz CT molecular complexity index is 1070. The van der Waals surface area contributed by atoms with E-state index in [-0.39, 0.29) is 12.1 Å². The van der Waals surface area contributed by atoms with Gasteiger partial charge in [0.15, 0.2) is 0 Å². The molecule has 1 unspecified atom stereocenters. The fourth-order valence-corrected chi connectivity index (χ4v) is 5.07. The van der Waals surface area contributed by atoms with E-state index in [2.05, 4.69) is 33.0 Å². The first-order valence-electron chi connectivity index (χ1n) is 9.31. The van der Waals surface area contributed by atoms with Crippen molar-refractivity contribution in [2.75, 3.05) is 26.0 Å². The average Bonchev–Trinajstić information content (AvgIpc) is 3.38. The maximum absolute atomic E-state index is 12.6. The highest BCUT2D eigenvalue weighted by Crippen LogP contribution is 2.34. The predicted octanol–water partition coefficient (Wildman–Crippen LogP) is 5.45. The summed E-state index contributed by atoms with van der Waals surface area (Å²) in [5.74, 6) is 0. The molecule has 0 spiro atoms. The number of para-hydroxylation sites is 2. The summed E-state index contributed by atoms with van der Waals surface area (Å²) in [5, 5.41) is 8.95. The summed E-state index contributed by atoms with van der Waals surface area (Å²) in [4.78, 5) is 20.7. The van der Waals surface area contributed by atoms with Gasteiger partial charge in [-0.1, -0.05) is 30.3 Å². The summed E-state index contributed by atoms with van der Waals surface area (Å²) in [6, 6.07) is 19.9. The summed E-state index contributed by atoms with van der Waals surface area (Å²) in [5.41, 5.74) is 2.64. The number of amides is 2. The Hall–Kier alpha value is -2.74. The van der Waals surface area contributed by atoms with Crippen molar-refractivity contribution in [1.82, 2.24) is 15.2 Å². The number of thiophene rings is 1. The van der Waals surface area contributed by atoms with Gasteiger partial charge in [0.25, 0.3) is 0 Å². The zero-order chi connectivity index (χ0) is 20.2. The van der Waals surface area contributed by atoms with E-state index in [1.807, 2.05) is 62.6 Å². The van der Waals surface area contributed by atoms with E-state index in [0.717, 1.165) is 26.5 Å². The smallest absolute Gasteiger partial charge is 0.319 e. The van der Waals surface area contributed by atoms with Crippen LogP contribution < -0.4 is 10.6 Å². The van der Waals surface area contributed by atoms with Gasteiger partial charge in [-0.3, -0.25) is 0 Å². The number of nitrogens with one attached hydrogen (secondary N) is 2. The number of carbonyl (C=O) groups excluding carboxylic acids is 1. The van der Waals surface area contributed by atoms with Crippen LogP contribution in [0, 0.1) is 0 Å². The number of thiazole rings is 1. The Kier molecular flexibility index (Phi) is 5.89. The zero-order valence-electron chi connectivity index (χ0n) is 16.3. The molecule has 4 rings (SSSR count). The van der Waals surface area contributed by atoms with Crippen LogP contribution in [0.4, 0.5) is 10.5 Å². The molecular formula is C22H22N4OS2. The molecule has 0 fully saturated rings. The number of aromatic nitrogens is 1. The molecule has 0 aliphatic rings. The second kappa shape index (κ2) is 8.73. The molecule has 0 saturated heterocycles. The standard InChI is InChI=1S/C22H22N4OS2/c1-26(2)18(20-12-7-13-28-20)14-23-22(27)25-16-9-4-3-8-15(16)21-24-17-10-5-6-11-19(17)29-21/h3-13,18H,14H2,1-2H3,(H2,23,25,27). The van der Waals surface area contributed by atoms with Gasteiger partial charge in [-0.25, -0.2) is 9.78 Å². The van der Waals surface area contributed by atoms with Crippen molar-refractivity contribution in [3.63, 3.8) is 0 Å². The van der Waals surface area contributed by atoms with Crippen molar-refractivity contribution in [3.05, 3.63) is 70.9 Å². The molecule has 5 nitrogen and oxygen atoms in total. The maximum Gasteiger partial charge on any atom is 0.319 e. The van der Waals surface area contributed by atoms with Crippen molar-refractivity contribution in [1.29, 1.82) is 0 Å². The van der Waals surface area contributed by atoms with Crippen molar-refractivity contribution in [2.24, 2.45) is 0 Å². The van der Waals surface area contributed by atoms with E-state index < -0.39 is 0 Å². The van der Waals surface area contributed by atoms with Gasteiger partial charge in [0, 0.05) is 17.0 Å². The summed E-state index contributed by atoms with van der Waals surface area (Å²) in [6.07, 6.45) is 0. The lowest BCUT2D eigenvalue weighted by atomic mass is 10.2. The monoisotopic (exact) mass is 422 g/mol. The van der Waals surface area contributed by atoms with Crippen LogP contribution >= 0.6 is 22.7 Å². The lowest BCUT2D eigenvalue weighted by Crippen LogP contribution is -2.36. The average molecular weight is 423 g/mol. The van der Waals surface area contributed by atoms with E-state index in [9.17, 15) is 4.79 Å². The van der Waals surface area contributed by atoms with E-state index in [4.69, 9.17) is 4.98 Å². The minimum atomic E-state index is -0.220. The predicted molar refractivity (Wildman–Crippen MR) is 123 cm³/mol. The Morgan fingerprint density at radius 3 is 2.62 bits per heavy atom. The number of urea groups is 1. The molecule has 2 heterocycles. The van der Waals surface area contributed by atoms with Crippen LogP contribution in [0.25, 0.3) is 20.8 Å². The second-order valence-corrected chi connectivity index (χ2v) is 8.87. The van der Waals surface area contributed by atoms with Gasteiger partial charge >= 0.3 is 6.03 Å². The fraction of sp³-hybridized carbons (Fsp3) is 0.182. The molecule has 0 aliphatic carbocycles. The molecule has 29 heavy (non-hydrogen) atoms. The summed E-state index contributed by atoms with van der Waals surface area (Å²) in [6.45, 7) is 0.530. The highest BCUT2D eigenvalue weighted by molar-refractivity contribution is 7.21. The molecule has 2 aromatic heterocycles. The third kappa shape index (κ3) is 4.48. The molecule has 2 N–H and O–H groups in total. The minimum absolute atomic E-state index is 0.139. The molecule has 148 valence electrons. The van der Waals surface area contributed by atoms with Gasteiger partial charge in [-0.05, 0) is 49.8 Å². The Morgan fingerprint density at radius 1 is 1.07 bits per heavy atom. The van der Waals surface area contributed by atoms with Crippen LogP contribution in [0.5, 0.6) is 0 Å². The number of hydrogen-bond donors (Lipinski definition) is 2. The largest absolute Gasteiger partial charge is 0.336 e. The topological polar surface area (TPSA) is 57.3 Å². The Morgan fingerprint density at radius 2 is 1.86 bits per heavy atom. The van der Waals surface area contributed by atoms with Crippen molar-refractivity contribution >= 4 is 44.6 Å². The van der Waals surface area contributed by atoms with E-state index in [1.54, 1.807) is 22.7 Å². The molecule has 2 aromatic carbocycles. The van der Waals surface area contributed by atoms with Crippen LogP contribution in [0.2, 0.25) is 0 Å². The molecule has 0 aliphatic heterocycles. The number of nitrogens with zero attached hydrogens (tertiary/aromatic N) is 2. The molecule has 2 amide bonds. The molecular weight excluding hydrogens is 400 g/mol. The normalized spacial score (nSPS) is 12.2. The lowest BCUT2D eigenvalue weighted by molar-refractivity contribution is 0.244. The molecule has 4 aromatic rings. The Balaban J connectivity index is 1.49. The van der Waals surface area contributed by atoms with Crippen LogP contribution in [-0.4, -0.2) is 36.6 Å². The molecule has 1 atom stereocenters. The van der Waals surface area contributed by atoms with Crippen LogP contribution in [0.1, 0.15) is 10.9 Å². The number of anilines is 1. The quantitative estimate of drug-likeness (QED) is 0.434. The van der Waals surface area contributed by atoms with Gasteiger partial charge < -0.3 is 15.5 Å². The fourth-order valence-electron chi connectivity index (χ4n) is 3.14. The number of benzene rings is 2. The van der Waals surface area contributed by atoms with E-state index in [0.29, 0.717) is 6.54 Å². The SMILES string of the molecule is CN(C)C(CNC(=O)Nc1ccccc1-c1nc2ccccc2s1)c1cccs1. The summed E-state index contributed by atoms with van der Waals surface area (Å²) >= 11 is 3.32. The summed E-state index contributed by atoms with van der Waals surface area (Å²) < 4.78 is 1.13. The van der Waals surface area contributed by atoms with Gasteiger partial charge in [-0.2, -0.15) is 0 Å². The first-order valence-corrected chi connectivity index (χ1v) is 11.0. The molecule has 0 radical (unpaired) electrons. The van der Waals surface area contributed by atoms with Crippen molar-refractivity contribution < 1.29 is 4.79 Å². The summed E-state index contributed by atoms with van der Waals surface area (Å²) in [7, 11) is 4.04. The van der Waals surface area contributed by atoms with Gasteiger partial charge in [-0.15, -0.1) is 22.7 Å². The van der Waals surface area contributed by atoms with Crippen LogP contribution in [0.15, 0.2) is 66.0 Å². The third-order valence-corrected chi connectivity index (χ3v) is 6.69. The molecule has 0 bridgehead atoms. The van der Waals surface area contributed by atoms with Gasteiger partial charge in [0.05, 0.1) is 21.9 Å². The Labute approximate surface area is 178 Å². The highest BCUT2D eigenvalue weighted by Gasteiger charge is 2.17. The molecule has 7 heteroatoms. The van der Waals surface area contributed by atoms with E-state index >= 15 is 0 Å². The minimum Gasteiger partial charge on any atom is -0.336 e. The van der Waals surface area contributed by atoms with Crippen molar-refractivity contribution in [2.45, 2.75) is 6.04 Å². The number of hydrogen-bond acceptors (Lipinski definition) is 5. The maximum atomic E-state index is 12.6. The van der Waals surface area contributed by atoms with E-state index in [1.165, 1.54) is 4.88 Å². The first-order chi connectivity index (χ1) is 14.1. The number of likely N-dealkylation sites (N-methyl/N-ethyl adjacent to an activating group) is 1. The highest BCUT2D eigenvalue weighted by atomic mass is 32.1.